The molecular weight excluding hydrogens is 266 g/mol. The summed E-state index contributed by atoms with van der Waals surface area (Å²) in [5.74, 6) is 0. The Hall–Kier alpha value is -2.30. The molecule has 0 amide bonds. The van der Waals surface area contributed by atoms with Crippen LogP contribution in [0, 0.1) is 22.7 Å². The van der Waals surface area contributed by atoms with Crippen molar-refractivity contribution in [2.24, 2.45) is 0 Å². The van der Waals surface area contributed by atoms with E-state index in [1.807, 2.05) is 49.6 Å². The fourth-order valence-electron chi connectivity index (χ4n) is 1.79. The summed E-state index contributed by atoms with van der Waals surface area (Å²) in [4.78, 5) is 1.13. The second-order valence-electron chi connectivity index (χ2n) is 5.08. The van der Waals surface area contributed by atoms with E-state index in [0.29, 0.717) is 12.1 Å². The first-order valence-electron chi connectivity index (χ1n) is 6.28. The number of nitrogens with zero attached hydrogens (tertiary/aromatic N) is 2. The van der Waals surface area contributed by atoms with E-state index in [-0.39, 0.29) is 0 Å². The molecule has 1 aromatic carbocycles. The summed E-state index contributed by atoms with van der Waals surface area (Å²) in [7, 11) is 0. The van der Waals surface area contributed by atoms with Crippen LogP contribution < -0.4 is 5.32 Å². The van der Waals surface area contributed by atoms with Crippen LogP contribution >= 0.6 is 11.3 Å². The van der Waals surface area contributed by atoms with Crippen LogP contribution in [0.1, 0.15) is 29.9 Å². The number of hydrogen-bond acceptors (Lipinski definition) is 4. The molecule has 0 spiro atoms. The zero-order valence-corrected chi connectivity index (χ0v) is 12.3. The van der Waals surface area contributed by atoms with Crippen LogP contribution in [0.5, 0.6) is 0 Å². The SMILES string of the molecule is CC(C)(C#N)c1ccc(NCc2cc(C#N)cs2)cc1. The second kappa shape index (κ2) is 5.77. The molecule has 0 radical (unpaired) electrons. The number of rotatable bonds is 4. The summed E-state index contributed by atoms with van der Waals surface area (Å²) >= 11 is 1.58. The zero-order valence-electron chi connectivity index (χ0n) is 11.5. The average molecular weight is 281 g/mol. The first-order valence-corrected chi connectivity index (χ1v) is 7.16. The van der Waals surface area contributed by atoms with Crippen LogP contribution in [-0.2, 0) is 12.0 Å². The highest BCUT2D eigenvalue weighted by Crippen LogP contribution is 2.24. The van der Waals surface area contributed by atoms with Gasteiger partial charge in [-0.05, 0) is 37.6 Å². The molecule has 2 aromatic rings. The number of nitriles is 2. The fraction of sp³-hybridized carbons (Fsp3) is 0.250. The topological polar surface area (TPSA) is 59.6 Å². The lowest BCUT2D eigenvalue weighted by atomic mass is 9.86. The molecule has 0 aliphatic carbocycles. The molecule has 100 valence electrons. The summed E-state index contributed by atoms with van der Waals surface area (Å²) in [6.45, 7) is 4.52. The van der Waals surface area contributed by atoms with E-state index in [1.54, 1.807) is 11.3 Å². The Labute approximate surface area is 123 Å². The molecule has 0 aliphatic rings. The molecule has 0 saturated carbocycles. The van der Waals surface area contributed by atoms with E-state index in [9.17, 15) is 0 Å². The van der Waals surface area contributed by atoms with E-state index >= 15 is 0 Å². The van der Waals surface area contributed by atoms with Gasteiger partial charge < -0.3 is 5.32 Å². The molecule has 1 aromatic heterocycles. The van der Waals surface area contributed by atoms with Gasteiger partial charge in [-0.3, -0.25) is 0 Å². The minimum absolute atomic E-state index is 0.464. The van der Waals surface area contributed by atoms with Crippen LogP contribution in [0.15, 0.2) is 35.7 Å². The Morgan fingerprint density at radius 2 is 1.90 bits per heavy atom. The maximum Gasteiger partial charge on any atom is 0.100 e. The van der Waals surface area contributed by atoms with Crippen molar-refractivity contribution in [3.63, 3.8) is 0 Å². The standard InChI is InChI=1S/C16H15N3S/c1-16(2,11-18)13-3-5-14(6-4-13)19-9-15-7-12(8-17)10-20-15/h3-7,10,19H,9H2,1-2H3. The summed E-state index contributed by atoms with van der Waals surface area (Å²) in [6, 6.07) is 14.2. The molecule has 2 rings (SSSR count). The van der Waals surface area contributed by atoms with Gasteiger partial charge in [-0.1, -0.05) is 12.1 Å². The molecule has 0 atom stereocenters. The Morgan fingerprint density at radius 1 is 1.20 bits per heavy atom. The summed E-state index contributed by atoms with van der Waals surface area (Å²) in [5, 5.41) is 23.0. The van der Waals surface area contributed by atoms with Crippen molar-refractivity contribution in [1.82, 2.24) is 0 Å². The van der Waals surface area contributed by atoms with Gasteiger partial charge in [0.25, 0.3) is 0 Å². The van der Waals surface area contributed by atoms with E-state index in [0.717, 1.165) is 16.1 Å². The smallest absolute Gasteiger partial charge is 0.100 e. The molecule has 0 aliphatic heterocycles. The number of hydrogen-bond donors (Lipinski definition) is 1. The second-order valence-corrected chi connectivity index (χ2v) is 6.08. The lowest BCUT2D eigenvalue weighted by molar-refractivity contribution is 0.687. The fourth-order valence-corrected chi connectivity index (χ4v) is 2.54. The van der Waals surface area contributed by atoms with E-state index < -0.39 is 5.41 Å². The molecule has 0 fully saturated rings. The van der Waals surface area contributed by atoms with Gasteiger partial charge in [0.15, 0.2) is 0 Å². The monoisotopic (exact) mass is 281 g/mol. The third kappa shape index (κ3) is 3.17. The Morgan fingerprint density at radius 3 is 2.45 bits per heavy atom. The van der Waals surface area contributed by atoms with Crippen molar-refractivity contribution in [1.29, 1.82) is 10.5 Å². The maximum atomic E-state index is 9.10. The molecule has 0 unspecified atom stereocenters. The molecular formula is C16H15N3S. The van der Waals surface area contributed by atoms with Crippen molar-refractivity contribution in [3.05, 3.63) is 51.7 Å². The third-order valence-electron chi connectivity index (χ3n) is 3.14. The van der Waals surface area contributed by atoms with Gasteiger partial charge in [-0.15, -0.1) is 11.3 Å². The van der Waals surface area contributed by atoms with Crippen molar-refractivity contribution >= 4 is 17.0 Å². The molecule has 1 heterocycles. The first kappa shape index (κ1) is 14.1. The van der Waals surface area contributed by atoms with Crippen LogP contribution in [0.3, 0.4) is 0 Å². The van der Waals surface area contributed by atoms with Crippen LogP contribution in [0.25, 0.3) is 0 Å². The van der Waals surface area contributed by atoms with E-state index in [2.05, 4.69) is 17.5 Å². The first-order chi connectivity index (χ1) is 9.55. The highest BCUT2D eigenvalue weighted by atomic mass is 32.1. The normalized spacial score (nSPS) is 10.6. The largest absolute Gasteiger partial charge is 0.380 e. The molecule has 0 saturated heterocycles. The highest BCUT2D eigenvalue weighted by Gasteiger charge is 2.18. The molecule has 1 N–H and O–H groups in total. The zero-order chi connectivity index (χ0) is 14.6. The van der Waals surface area contributed by atoms with E-state index in [4.69, 9.17) is 10.5 Å². The lowest BCUT2D eigenvalue weighted by Crippen LogP contribution is -2.13. The molecule has 4 heteroatoms. The summed E-state index contributed by atoms with van der Waals surface area (Å²) in [6.07, 6.45) is 0. The Balaban J connectivity index is 2.01. The van der Waals surface area contributed by atoms with Crippen LogP contribution in [-0.4, -0.2) is 0 Å². The third-order valence-corrected chi connectivity index (χ3v) is 4.07. The lowest BCUT2D eigenvalue weighted by Gasteiger charge is -2.16. The average Bonchev–Trinajstić information content (AvgIpc) is 2.93. The van der Waals surface area contributed by atoms with Gasteiger partial charge in [-0.25, -0.2) is 0 Å². The van der Waals surface area contributed by atoms with Gasteiger partial charge in [0.1, 0.15) is 6.07 Å². The Bertz CT molecular complexity index is 669. The number of nitrogens with one attached hydrogen (secondary N) is 1. The quantitative estimate of drug-likeness (QED) is 0.920. The molecule has 3 nitrogen and oxygen atoms in total. The summed E-state index contributed by atoms with van der Waals surface area (Å²) < 4.78 is 0. The highest BCUT2D eigenvalue weighted by molar-refractivity contribution is 7.10. The van der Waals surface area contributed by atoms with Gasteiger partial charge in [0.05, 0.1) is 17.0 Å². The maximum absolute atomic E-state index is 9.10. The van der Waals surface area contributed by atoms with E-state index in [1.165, 1.54) is 0 Å². The molecule has 20 heavy (non-hydrogen) atoms. The van der Waals surface area contributed by atoms with Crippen molar-refractivity contribution in [2.45, 2.75) is 25.8 Å². The summed E-state index contributed by atoms with van der Waals surface area (Å²) in [5.41, 5.74) is 2.26. The van der Waals surface area contributed by atoms with Gasteiger partial charge in [0, 0.05) is 22.5 Å². The number of anilines is 1. The number of thiophene rings is 1. The van der Waals surface area contributed by atoms with Crippen LogP contribution in [0.2, 0.25) is 0 Å². The van der Waals surface area contributed by atoms with Gasteiger partial charge in [-0.2, -0.15) is 10.5 Å². The van der Waals surface area contributed by atoms with Crippen molar-refractivity contribution in [2.75, 3.05) is 5.32 Å². The van der Waals surface area contributed by atoms with Crippen molar-refractivity contribution in [3.8, 4) is 12.1 Å². The van der Waals surface area contributed by atoms with Crippen LogP contribution in [0.4, 0.5) is 5.69 Å². The predicted octanol–water partition coefficient (Wildman–Crippen LogP) is 4.03. The minimum atomic E-state index is -0.464. The van der Waals surface area contributed by atoms with Crippen molar-refractivity contribution < 1.29 is 0 Å². The number of benzene rings is 1. The minimum Gasteiger partial charge on any atom is -0.380 e. The Kier molecular flexibility index (Phi) is 4.08. The van der Waals surface area contributed by atoms with Gasteiger partial charge >= 0.3 is 0 Å². The predicted molar refractivity (Wildman–Crippen MR) is 81.4 cm³/mol. The molecule has 0 bridgehead atoms. The van der Waals surface area contributed by atoms with Gasteiger partial charge in [0.2, 0.25) is 0 Å².